The highest BCUT2D eigenvalue weighted by Crippen LogP contribution is 2.47. The Morgan fingerprint density at radius 1 is 1.15 bits per heavy atom. The number of furan rings is 1. The van der Waals surface area contributed by atoms with Gasteiger partial charge in [0, 0.05) is 27.1 Å². The Morgan fingerprint density at radius 3 is 2.85 bits per heavy atom. The van der Waals surface area contributed by atoms with Gasteiger partial charge in [-0.1, -0.05) is 30.3 Å². The van der Waals surface area contributed by atoms with E-state index < -0.39 is 19.0 Å². The zero-order chi connectivity index (χ0) is 22.1. The standard InChI is InChI=1S/C23H23N3O/c1-14(2)25-16(4)26(23-19(25)9-7-13-24-23)21-15(3)11-12-18-17-8-5-6-10-20(17)27-22(18)21/h5-14,16H,1-4H3/t16-/m0/s1/i1D3,14D/t14?,16-. The molecule has 1 aliphatic heterocycles. The molecule has 5 rings (SSSR count). The maximum Gasteiger partial charge on any atom is 0.159 e. The summed E-state index contributed by atoms with van der Waals surface area (Å²) in [4.78, 5) is 8.21. The normalized spacial score (nSPS) is 21.5. The highest BCUT2D eigenvalue weighted by Gasteiger charge is 2.38. The Kier molecular flexibility index (Phi) is 2.64. The molecular weight excluding hydrogens is 334 g/mol. The minimum atomic E-state index is -2.51. The number of benzene rings is 2. The molecule has 0 saturated heterocycles. The van der Waals surface area contributed by atoms with Crippen LogP contribution in [0.5, 0.6) is 0 Å². The predicted octanol–water partition coefficient (Wildman–Crippen LogP) is 6.00. The van der Waals surface area contributed by atoms with Crippen LogP contribution in [0, 0.1) is 6.92 Å². The van der Waals surface area contributed by atoms with Crippen LogP contribution in [0.3, 0.4) is 0 Å². The minimum Gasteiger partial charge on any atom is -0.454 e. The summed E-state index contributed by atoms with van der Waals surface area (Å²) in [6.45, 7) is 2.83. The molecule has 1 aliphatic rings. The van der Waals surface area contributed by atoms with Crippen molar-refractivity contribution < 1.29 is 9.90 Å². The lowest BCUT2D eigenvalue weighted by molar-refractivity contribution is 0.602. The molecule has 3 heterocycles. The summed E-state index contributed by atoms with van der Waals surface area (Å²) < 4.78 is 39.0. The molecular formula is C23H23N3O. The van der Waals surface area contributed by atoms with Crippen molar-refractivity contribution in [1.82, 2.24) is 4.98 Å². The van der Waals surface area contributed by atoms with Crippen LogP contribution in [0.25, 0.3) is 21.9 Å². The average molecular weight is 361 g/mol. The van der Waals surface area contributed by atoms with E-state index in [-0.39, 0.29) is 0 Å². The number of aromatic nitrogens is 1. The molecule has 4 nitrogen and oxygen atoms in total. The number of hydrogen-bond donors (Lipinski definition) is 0. The molecule has 0 spiro atoms. The molecule has 0 amide bonds. The van der Waals surface area contributed by atoms with E-state index in [2.05, 4.69) is 11.1 Å². The van der Waals surface area contributed by atoms with Crippen molar-refractivity contribution in [1.29, 1.82) is 0 Å². The predicted molar refractivity (Wildman–Crippen MR) is 112 cm³/mol. The third kappa shape index (κ3) is 2.19. The number of nitrogens with zero attached hydrogens (tertiary/aromatic N) is 3. The van der Waals surface area contributed by atoms with Gasteiger partial charge >= 0.3 is 0 Å². The zero-order valence-electron chi connectivity index (χ0n) is 19.5. The highest BCUT2D eigenvalue weighted by molar-refractivity contribution is 6.10. The van der Waals surface area contributed by atoms with Gasteiger partial charge in [0.05, 0.1) is 12.7 Å². The lowest BCUT2D eigenvalue weighted by Crippen LogP contribution is -2.42. The lowest BCUT2D eigenvalue weighted by Gasteiger charge is -2.33. The number of rotatable bonds is 2. The largest absolute Gasteiger partial charge is 0.454 e. The van der Waals surface area contributed by atoms with Gasteiger partial charge in [0.25, 0.3) is 0 Å². The van der Waals surface area contributed by atoms with E-state index >= 15 is 0 Å². The molecule has 0 bridgehead atoms. The van der Waals surface area contributed by atoms with Gasteiger partial charge in [-0.25, -0.2) is 4.98 Å². The topological polar surface area (TPSA) is 32.5 Å². The van der Waals surface area contributed by atoms with Crippen LogP contribution in [-0.2, 0) is 0 Å². The summed E-state index contributed by atoms with van der Waals surface area (Å²) in [6.07, 6.45) is 1.23. The first-order chi connectivity index (χ1) is 14.6. The summed E-state index contributed by atoms with van der Waals surface area (Å²) in [5.74, 6) is 0.619. The van der Waals surface area contributed by atoms with E-state index in [0.29, 0.717) is 11.5 Å². The maximum absolute atomic E-state index is 8.78. The Hall–Kier alpha value is -3.01. The molecule has 0 fully saturated rings. The van der Waals surface area contributed by atoms with Gasteiger partial charge in [-0.2, -0.15) is 0 Å². The second-order valence-corrected chi connectivity index (χ2v) is 7.01. The van der Waals surface area contributed by atoms with Gasteiger partial charge in [-0.15, -0.1) is 0 Å². The van der Waals surface area contributed by atoms with Crippen molar-refractivity contribution in [2.75, 3.05) is 9.80 Å². The third-order valence-electron chi connectivity index (χ3n) is 5.33. The van der Waals surface area contributed by atoms with Crippen LogP contribution in [0.15, 0.2) is 59.1 Å². The molecule has 0 radical (unpaired) electrons. The number of pyridine rings is 1. The van der Waals surface area contributed by atoms with Crippen LogP contribution >= 0.6 is 0 Å². The van der Waals surface area contributed by atoms with Crippen LogP contribution in [0.4, 0.5) is 17.2 Å². The molecule has 0 N–H and O–H groups in total. The van der Waals surface area contributed by atoms with Gasteiger partial charge in [-0.05, 0) is 51.4 Å². The summed E-state index contributed by atoms with van der Waals surface area (Å²) in [7, 11) is 0. The smallest absolute Gasteiger partial charge is 0.159 e. The summed E-state index contributed by atoms with van der Waals surface area (Å²) >= 11 is 0. The number of hydrogen-bond acceptors (Lipinski definition) is 4. The van der Waals surface area contributed by atoms with Gasteiger partial charge in [0.2, 0.25) is 0 Å². The molecule has 2 atom stereocenters. The molecule has 27 heavy (non-hydrogen) atoms. The first kappa shape index (κ1) is 12.4. The third-order valence-corrected chi connectivity index (χ3v) is 5.33. The maximum atomic E-state index is 8.78. The van der Waals surface area contributed by atoms with Crippen molar-refractivity contribution >= 4 is 39.1 Å². The van der Waals surface area contributed by atoms with Crippen molar-refractivity contribution in [3.8, 4) is 0 Å². The van der Waals surface area contributed by atoms with E-state index in [4.69, 9.17) is 9.90 Å². The molecule has 1 unspecified atom stereocenters. The number of aryl methyl sites for hydroxylation is 1. The Morgan fingerprint density at radius 2 is 2.00 bits per heavy atom. The first-order valence-electron chi connectivity index (χ1n) is 11.1. The van der Waals surface area contributed by atoms with Gasteiger partial charge in [-0.3, -0.25) is 0 Å². The van der Waals surface area contributed by atoms with Crippen LogP contribution in [-0.4, -0.2) is 17.2 Å². The SMILES string of the molecule is [2H]C([2H])([2H])C([2H])(C)N1c2cccnc2N(c2c(C)ccc3c2oc2ccccc23)[C@H]1C. The average Bonchev–Trinajstić information content (AvgIpc) is 3.22. The molecule has 0 saturated carbocycles. The molecule has 4 heteroatoms. The molecule has 0 aliphatic carbocycles. The second kappa shape index (κ2) is 5.74. The minimum absolute atomic E-state index is 0.453. The van der Waals surface area contributed by atoms with E-state index in [1.165, 1.54) is 6.92 Å². The van der Waals surface area contributed by atoms with Crippen molar-refractivity contribution in [3.05, 3.63) is 60.3 Å². The van der Waals surface area contributed by atoms with Crippen LogP contribution in [0.1, 0.15) is 31.7 Å². The van der Waals surface area contributed by atoms with Crippen molar-refractivity contribution in [2.45, 2.75) is 39.8 Å². The fourth-order valence-corrected chi connectivity index (χ4v) is 4.18. The summed E-state index contributed by atoms with van der Waals surface area (Å²) in [6, 6.07) is 13.7. The quantitative estimate of drug-likeness (QED) is 0.438. The summed E-state index contributed by atoms with van der Waals surface area (Å²) in [5, 5.41) is 2.01. The van der Waals surface area contributed by atoms with E-state index in [1.54, 1.807) is 17.2 Å². The van der Waals surface area contributed by atoms with Crippen molar-refractivity contribution in [2.24, 2.45) is 0 Å². The van der Waals surface area contributed by atoms with Gasteiger partial charge in [0.1, 0.15) is 11.7 Å². The Balaban J connectivity index is 1.79. The Labute approximate surface area is 164 Å². The molecule has 4 aromatic rings. The fraction of sp³-hybridized carbons (Fsp3) is 0.261. The number of para-hydroxylation sites is 1. The van der Waals surface area contributed by atoms with Crippen LogP contribution in [0.2, 0.25) is 0 Å². The zero-order valence-corrected chi connectivity index (χ0v) is 15.5. The van der Waals surface area contributed by atoms with Gasteiger partial charge in [0.15, 0.2) is 11.4 Å². The summed E-state index contributed by atoms with van der Waals surface area (Å²) in [5.41, 5.74) is 3.97. The van der Waals surface area contributed by atoms with E-state index in [1.807, 2.05) is 55.1 Å². The number of anilines is 3. The van der Waals surface area contributed by atoms with Gasteiger partial charge < -0.3 is 14.2 Å². The monoisotopic (exact) mass is 361 g/mol. The highest BCUT2D eigenvalue weighted by atomic mass is 16.3. The van der Waals surface area contributed by atoms with Crippen LogP contribution < -0.4 is 9.80 Å². The molecule has 136 valence electrons. The van der Waals surface area contributed by atoms with E-state index in [9.17, 15) is 0 Å². The number of fused-ring (bicyclic) bond motifs is 4. The van der Waals surface area contributed by atoms with Crippen molar-refractivity contribution in [3.63, 3.8) is 0 Å². The Bertz CT molecular complexity index is 1310. The lowest BCUT2D eigenvalue weighted by atomic mass is 10.1. The second-order valence-electron chi connectivity index (χ2n) is 7.01. The molecule has 2 aromatic carbocycles. The molecule has 2 aromatic heterocycles. The first-order valence-corrected chi connectivity index (χ1v) is 9.07. The fourth-order valence-electron chi connectivity index (χ4n) is 4.18. The van der Waals surface area contributed by atoms with E-state index in [0.717, 1.165) is 33.2 Å².